The number of carboxylic acid groups (broad SMARTS) is 1. The lowest BCUT2D eigenvalue weighted by molar-refractivity contribution is -0.146. The summed E-state index contributed by atoms with van der Waals surface area (Å²) in [5.41, 5.74) is -1.06. The third-order valence-corrected chi connectivity index (χ3v) is 9.59. The molecular formula is C35H47N3O7. The van der Waals surface area contributed by atoms with E-state index in [2.05, 4.69) is 10.6 Å². The number of rotatable bonds is 10. The van der Waals surface area contributed by atoms with Crippen LogP contribution in [0.15, 0.2) is 42.5 Å². The van der Waals surface area contributed by atoms with Crippen LogP contribution in [0.1, 0.15) is 84.6 Å². The molecule has 1 heterocycles. The molecule has 3 amide bonds. The monoisotopic (exact) mass is 621 g/mol. The normalized spacial score (nSPS) is 25.9. The van der Waals surface area contributed by atoms with E-state index in [4.69, 9.17) is 9.47 Å². The summed E-state index contributed by atoms with van der Waals surface area (Å²) in [5, 5.41) is 17.8. The Bertz CT molecular complexity index is 1410. The number of nitrogens with one attached hydrogen (secondary N) is 2. The van der Waals surface area contributed by atoms with Gasteiger partial charge >= 0.3 is 12.1 Å². The Morgan fingerprint density at radius 3 is 2.42 bits per heavy atom. The van der Waals surface area contributed by atoms with Crippen LogP contribution in [0.4, 0.5) is 4.79 Å². The van der Waals surface area contributed by atoms with Gasteiger partial charge in [-0.25, -0.2) is 9.59 Å². The third-order valence-electron chi connectivity index (χ3n) is 9.59. The number of carboxylic acids is 1. The molecule has 2 saturated carbocycles. The summed E-state index contributed by atoms with van der Waals surface area (Å²) in [7, 11) is 0. The van der Waals surface area contributed by atoms with Gasteiger partial charge in [-0.1, -0.05) is 75.1 Å². The van der Waals surface area contributed by atoms with Crippen LogP contribution in [0.2, 0.25) is 0 Å². The molecule has 3 N–H and O–H groups in total. The van der Waals surface area contributed by atoms with Gasteiger partial charge in [0.15, 0.2) is 0 Å². The van der Waals surface area contributed by atoms with Crippen LogP contribution in [-0.4, -0.2) is 69.8 Å². The van der Waals surface area contributed by atoms with Crippen molar-refractivity contribution in [3.63, 3.8) is 0 Å². The molecule has 10 nitrogen and oxygen atoms in total. The van der Waals surface area contributed by atoms with E-state index in [1.54, 1.807) is 20.8 Å². The lowest BCUT2D eigenvalue weighted by Crippen LogP contribution is -2.58. The fraction of sp³-hybridized carbons (Fsp3) is 0.600. The molecule has 1 aliphatic heterocycles. The number of amides is 3. The van der Waals surface area contributed by atoms with E-state index in [1.807, 2.05) is 49.4 Å². The van der Waals surface area contributed by atoms with E-state index < -0.39 is 47.3 Å². The van der Waals surface area contributed by atoms with Gasteiger partial charge in [-0.3, -0.25) is 9.59 Å². The van der Waals surface area contributed by atoms with Crippen LogP contribution in [0.5, 0.6) is 0 Å². The summed E-state index contributed by atoms with van der Waals surface area (Å²) in [6, 6.07) is 12.3. The fourth-order valence-electron chi connectivity index (χ4n) is 7.09. The number of hydrogen-bond acceptors (Lipinski definition) is 6. The zero-order valence-corrected chi connectivity index (χ0v) is 26.8. The van der Waals surface area contributed by atoms with Crippen molar-refractivity contribution in [2.45, 2.75) is 115 Å². The minimum Gasteiger partial charge on any atom is -0.479 e. The van der Waals surface area contributed by atoms with Crippen LogP contribution >= 0.6 is 0 Å². The molecule has 5 atom stereocenters. The molecule has 2 aromatic rings. The van der Waals surface area contributed by atoms with Crippen LogP contribution in [0.25, 0.3) is 10.8 Å². The quantitative estimate of drug-likeness (QED) is 0.333. The Kier molecular flexibility index (Phi) is 9.72. The molecule has 0 spiro atoms. The summed E-state index contributed by atoms with van der Waals surface area (Å²) < 4.78 is 11.9. The number of likely N-dealkylation sites (tertiary alicyclic amines) is 1. The Morgan fingerprint density at radius 2 is 1.76 bits per heavy atom. The number of alkyl carbamates (subject to hydrolysis) is 1. The third kappa shape index (κ3) is 7.43. The molecule has 0 bridgehead atoms. The van der Waals surface area contributed by atoms with Gasteiger partial charge in [0.2, 0.25) is 11.8 Å². The molecule has 244 valence electrons. The van der Waals surface area contributed by atoms with E-state index in [-0.39, 0.29) is 30.7 Å². The van der Waals surface area contributed by atoms with Crippen molar-refractivity contribution in [2.24, 2.45) is 11.8 Å². The molecule has 0 radical (unpaired) electrons. The first-order valence-corrected chi connectivity index (χ1v) is 16.4. The molecule has 45 heavy (non-hydrogen) atoms. The molecule has 0 aromatic heterocycles. The van der Waals surface area contributed by atoms with E-state index in [1.165, 1.54) is 4.90 Å². The minimum atomic E-state index is -1.32. The predicted molar refractivity (Wildman–Crippen MR) is 169 cm³/mol. The number of carbonyl (C=O) groups excluding carboxylic acids is 3. The molecular weight excluding hydrogens is 574 g/mol. The summed E-state index contributed by atoms with van der Waals surface area (Å²) in [5.74, 6) is -2.19. The van der Waals surface area contributed by atoms with E-state index >= 15 is 0 Å². The predicted octanol–water partition coefficient (Wildman–Crippen LogP) is 5.17. The average molecular weight is 622 g/mol. The second-order valence-electron chi connectivity index (χ2n) is 13.9. The van der Waals surface area contributed by atoms with Gasteiger partial charge in [0, 0.05) is 13.0 Å². The molecule has 2 aromatic carbocycles. The molecule has 1 saturated heterocycles. The number of aliphatic carboxylic acids is 1. The topological polar surface area (TPSA) is 134 Å². The molecule has 2 aliphatic carbocycles. The number of fused-ring (bicyclic) bond motifs is 1. The largest absolute Gasteiger partial charge is 0.479 e. The lowest BCUT2D eigenvalue weighted by Gasteiger charge is -2.35. The van der Waals surface area contributed by atoms with Crippen LogP contribution in [-0.2, 0) is 30.5 Å². The lowest BCUT2D eigenvalue weighted by atomic mass is 9.83. The van der Waals surface area contributed by atoms with Crippen molar-refractivity contribution >= 4 is 34.6 Å². The number of ether oxygens (including phenoxy) is 2. The zero-order valence-electron chi connectivity index (χ0n) is 26.8. The molecule has 3 aliphatic rings. The van der Waals surface area contributed by atoms with Gasteiger partial charge in [-0.05, 0) is 68.2 Å². The highest BCUT2D eigenvalue weighted by Gasteiger charge is 2.61. The van der Waals surface area contributed by atoms with Gasteiger partial charge in [-0.15, -0.1) is 0 Å². The Morgan fingerprint density at radius 1 is 1.04 bits per heavy atom. The number of carbonyl (C=O) groups is 4. The molecule has 5 unspecified atom stereocenters. The van der Waals surface area contributed by atoms with Crippen molar-refractivity contribution in [1.82, 2.24) is 15.5 Å². The van der Waals surface area contributed by atoms with Gasteiger partial charge < -0.3 is 30.1 Å². The van der Waals surface area contributed by atoms with Gasteiger partial charge in [0.25, 0.3) is 0 Å². The average Bonchev–Trinajstić information content (AvgIpc) is 3.56. The smallest absolute Gasteiger partial charge is 0.408 e. The standard InChI is InChI=1S/C35H47N3O7/c1-5-25-19-35(25,32(41)42)37-30(39)28-18-26(44-21-24-16-11-15-22-12-9-10-17-27(22)24)20-38(28)31(40)29(23-13-7-6-8-14-23)36-33(43)45-34(2,3)4/h9-12,15-17,23,25-26,28-29H,5-8,13-14,18-21H2,1-4H3,(H,36,43)(H,37,39)(H,41,42). The zero-order chi connectivity index (χ0) is 32.4. The Balaban J connectivity index is 1.39. The van der Waals surface area contributed by atoms with Crippen molar-refractivity contribution in [3.8, 4) is 0 Å². The molecule has 5 rings (SSSR count). The summed E-state index contributed by atoms with van der Waals surface area (Å²) >= 11 is 0. The summed E-state index contributed by atoms with van der Waals surface area (Å²) in [6.45, 7) is 7.65. The SMILES string of the molecule is CCC1CC1(NC(=O)C1CC(OCc2cccc3ccccc23)CN1C(=O)C(NC(=O)OC(C)(C)C)C1CCCCC1)C(=O)O. The van der Waals surface area contributed by atoms with Crippen LogP contribution in [0, 0.1) is 11.8 Å². The van der Waals surface area contributed by atoms with Crippen molar-refractivity contribution in [3.05, 3.63) is 48.0 Å². The highest BCUT2D eigenvalue weighted by atomic mass is 16.6. The van der Waals surface area contributed by atoms with E-state index in [0.717, 1.165) is 48.4 Å². The highest BCUT2D eigenvalue weighted by Crippen LogP contribution is 2.46. The molecule has 3 fully saturated rings. The Hall–Kier alpha value is -3.66. The van der Waals surface area contributed by atoms with Crippen molar-refractivity contribution in [1.29, 1.82) is 0 Å². The molecule has 10 heteroatoms. The van der Waals surface area contributed by atoms with Gasteiger partial charge in [0.1, 0.15) is 23.2 Å². The maximum Gasteiger partial charge on any atom is 0.408 e. The van der Waals surface area contributed by atoms with E-state index in [0.29, 0.717) is 19.4 Å². The number of nitrogens with zero attached hydrogens (tertiary/aromatic N) is 1. The number of benzene rings is 2. The maximum absolute atomic E-state index is 14.4. The first kappa shape index (κ1) is 32.7. The fourth-order valence-corrected chi connectivity index (χ4v) is 7.09. The van der Waals surface area contributed by atoms with Gasteiger partial charge in [0.05, 0.1) is 12.7 Å². The first-order chi connectivity index (χ1) is 21.4. The van der Waals surface area contributed by atoms with Crippen LogP contribution in [0.3, 0.4) is 0 Å². The Labute approximate surface area is 265 Å². The van der Waals surface area contributed by atoms with Crippen LogP contribution < -0.4 is 10.6 Å². The first-order valence-electron chi connectivity index (χ1n) is 16.4. The highest BCUT2D eigenvalue weighted by molar-refractivity contribution is 5.96. The summed E-state index contributed by atoms with van der Waals surface area (Å²) in [6.07, 6.45) is 4.59. The van der Waals surface area contributed by atoms with Crippen molar-refractivity contribution < 1.29 is 33.8 Å². The summed E-state index contributed by atoms with van der Waals surface area (Å²) in [4.78, 5) is 54.9. The second kappa shape index (κ2) is 13.4. The number of hydrogen-bond donors (Lipinski definition) is 3. The van der Waals surface area contributed by atoms with E-state index in [9.17, 15) is 24.3 Å². The van der Waals surface area contributed by atoms with Crippen molar-refractivity contribution in [2.75, 3.05) is 6.54 Å². The van der Waals surface area contributed by atoms with Gasteiger partial charge in [-0.2, -0.15) is 0 Å². The second-order valence-corrected chi connectivity index (χ2v) is 13.9. The maximum atomic E-state index is 14.4. The minimum absolute atomic E-state index is 0.101.